The highest BCUT2D eigenvalue weighted by Gasteiger charge is 2.04. The smallest absolute Gasteiger partial charge is 0.145 e. The van der Waals surface area contributed by atoms with Crippen LogP contribution < -0.4 is 4.74 Å². The molecule has 0 fully saturated rings. The Morgan fingerprint density at radius 3 is 2.18 bits per heavy atom. The van der Waals surface area contributed by atoms with Crippen LogP contribution in [0, 0.1) is 13.8 Å². The Balaban J connectivity index is 2.27. The molecular weight excluding hydrogens is 257 g/mol. The van der Waals surface area contributed by atoms with Gasteiger partial charge in [0.15, 0.2) is 0 Å². The molecule has 0 saturated heterocycles. The van der Waals surface area contributed by atoms with Crippen molar-refractivity contribution < 1.29 is 4.74 Å². The van der Waals surface area contributed by atoms with Crippen LogP contribution in [-0.4, -0.2) is 4.98 Å². The Kier molecular flexibility index (Phi) is 3.55. The first-order valence-electron chi connectivity index (χ1n) is 5.12. The normalized spacial score (nSPS) is 10.4. The molecule has 0 saturated carbocycles. The van der Waals surface area contributed by atoms with Crippen molar-refractivity contribution in [2.75, 3.05) is 0 Å². The van der Waals surface area contributed by atoms with Crippen molar-refractivity contribution in [3.8, 4) is 11.5 Å². The number of hydrogen-bond donors (Lipinski definition) is 0. The fourth-order valence-electron chi connectivity index (χ4n) is 1.52. The second-order valence-electron chi connectivity index (χ2n) is 3.79. The first-order chi connectivity index (χ1) is 8.06. The molecule has 0 aliphatic heterocycles. The van der Waals surface area contributed by atoms with E-state index in [1.807, 2.05) is 26.0 Å². The standard InChI is InChI=1S/C13H11Cl2NO/c1-8-5-11(6-9(2)13(8)15)17-10-3-4-12(14)16-7-10/h3-7H,1-2H3. The lowest BCUT2D eigenvalue weighted by Crippen LogP contribution is -1.89. The van der Waals surface area contributed by atoms with Gasteiger partial charge in [-0.1, -0.05) is 23.2 Å². The molecule has 0 radical (unpaired) electrons. The minimum Gasteiger partial charge on any atom is -0.456 e. The molecule has 0 unspecified atom stereocenters. The van der Waals surface area contributed by atoms with E-state index >= 15 is 0 Å². The molecule has 2 nitrogen and oxygen atoms in total. The van der Waals surface area contributed by atoms with Crippen LogP contribution in [0.4, 0.5) is 0 Å². The van der Waals surface area contributed by atoms with Gasteiger partial charge in [0, 0.05) is 5.02 Å². The Morgan fingerprint density at radius 1 is 1.00 bits per heavy atom. The average molecular weight is 268 g/mol. The van der Waals surface area contributed by atoms with Crippen LogP contribution in [0.3, 0.4) is 0 Å². The van der Waals surface area contributed by atoms with Gasteiger partial charge < -0.3 is 4.74 Å². The van der Waals surface area contributed by atoms with Gasteiger partial charge >= 0.3 is 0 Å². The number of ether oxygens (including phenoxy) is 1. The summed E-state index contributed by atoms with van der Waals surface area (Å²) in [6.07, 6.45) is 1.58. The van der Waals surface area contributed by atoms with Crippen molar-refractivity contribution in [1.29, 1.82) is 0 Å². The third-order valence-electron chi connectivity index (χ3n) is 2.35. The lowest BCUT2D eigenvalue weighted by molar-refractivity contribution is 0.479. The van der Waals surface area contributed by atoms with Crippen LogP contribution in [0.5, 0.6) is 11.5 Å². The summed E-state index contributed by atoms with van der Waals surface area (Å²) in [5.41, 5.74) is 1.98. The Bertz CT molecular complexity index is 515. The third-order valence-corrected chi connectivity index (χ3v) is 3.17. The minimum absolute atomic E-state index is 0.445. The van der Waals surface area contributed by atoms with Gasteiger partial charge in [-0.25, -0.2) is 4.98 Å². The van der Waals surface area contributed by atoms with Gasteiger partial charge in [-0.2, -0.15) is 0 Å². The van der Waals surface area contributed by atoms with E-state index in [0.717, 1.165) is 21.9 Å². The van der Waals surface area contributed by atoms with Crippen LogP contribution in [0.25, 0.3) is 0 Å². The number of hydrogen-bond acceptors (Lipinski definition) is 2. The maximum atomic E-state index is 6.09. The second kappa shape index (κ2) is 4.94. The van der Waals surface area contributed by atoms with Crippen molar-refractivity contribution in [2.24, 2.45) is 0 Å². The van der Waals surface area contributed by atoms with Crippen molar-refractivity contribution >= 4 is 23.2 Å². The average Bonchev–Trinajstić information content (AvgIpc) is 2.29. The molecule has 2 rings (SSSR count). The molecule has 1 aromatic heterocycles. The first-order valence-corrected chi connectivity index (χ1v) is 5.88. The van der Waals surface area contributed by atoms with E-state index in [1.54, 1.807) is 18.3 Å². The number of aryl methyl sites for hydroxylation is 2. The molecule has 0 amide bonds. The molecule has 0 aliphatic carbocycles. The molecule has 1 aromatic carbocycles. The molecular formula is C13H11Cl2NO. The fourth-order valence-corrected chi connectivity index (χ4v) is 1.74. The highest BCUT2D eigenvalue weighted by atomic mass is 35.5. The van der Waals surface area contributed by atoms with Crippen molar-refractivity contribution in [1.82, 2.24) is 4.98 Å². The largest absolute Gasteiger partial charge is 0.456 e. The van der Waals surface area contributed by atoms with Gasteiger partial charge in [-0.05, 0) is 49.2 Å². The third kappa shape index (κ3) is 2.90. The van der Waals surface area contributed by atoms with Gasteiger partial charge in [0.25, 0.3) is 0 Å². The molecule has 4 heteroatoms. The van der Waals surface area contributed by atoms with Crippen molar-refractivity contribution in [3.05, 3.63) is 51.8 Å². The summed E-state index contributed by atoms with van der Waals surface area (Å²) in [5.74, 6) is 1.39. The quantitative estimate of drug-likeness (QED) is 0.730. The summed E-state index contributed by atoms with van der Waals surface area (Å²) in [7, 11) is 0. The maximum absolute atomic E-state index is 6.09. The predicted molar refractivity (Wildman–Crippen MR) is 70.2 cm³/mol. The number of aromatic nitrogens is 1. The first kappa shape index (κ1) is 12.2. The van der Waals surface area contributed by atoms with E-state index in [-0.39, 0.29) is 0 Å². The SMILES string of the molecule is Cc1cc(Oc2ccc(Cl)nc2)cc(C)c1Cl. The highest BCUT2D eigenvalue weighted by Crippen LogP contribution is 2.29. The second-order valence-corrected chi connectivity index (χ2v) is 4.55. The van der Waals surface area contributed by atoms with Gasteiger partial charge in [0.1, 0.15) is 16.7 Å². The lowest BCUT2D eigenvalue weighted by Gasteiger charge is -2.09. The molecule has 1 heterocycles. The van der Waals surface area contributed by atoms with Gasteiger partial charge in [-0.15, -0.1) is 0 Å². The summed E-state index contributed by atoms with van der Waals surface area (Å²) in [5, 5.41) is 1.22. The summed E-state index contributed by atoms with van der Waals surface area (Å²) in [4.78, 5) is 3.95. The van der Waals surface area contributed by atoms with E-state index in [4.69, 9.17) is 27.9 Å². The molecule has 88 valence electrons. The molecule has 0 bridgehead atoms. The van der Waals surface area contributed by atoms with Gasteiger partial charge in [0.2, 0.25) is 0 Å². The van der Waals surface area contributed by atoms with Crippen LogP contribution in [0.15, 0.2) is 30.5 Å². The minimum atomic E-state index is 0.445. The number of benzene rings is 1. The Morgan fingerprint density at radius 2 is 1.65 bits per heavy atom. The summed E-state index contributed by atoms with van der Waals surface area (Å²) >= 11 is 11.8. The van der Waals surface area contributed by atoms with Crippen molar-refractivity contribution in [3.63, 3.8) is 0 Å². The molecule has 0 aliphatic rings. The summed E-state index contributed by atoms with van der Waals surface area (Å²) in [6.45, 7) is 3.89. The molecule has 0 N–H and O–H groups in total. The zero-order valence-corrected chi connectivity index (χ0v) is 11.0. The highest BCUT2D eigenvalue weighted by molar-refractivity contribution is 6.32. The maximum Gasteiger partial charge on any atom is 0.145 e. The molecule has 17 heavy (non-hydrogen) atoms. The van der Waals surface area contributed by atoms with E-state index in [1.165, 1.54) is 0 Å². The Labute approximate surface area is 110 Å². The van der Waals surface area contributed by atoms with E-state index in [0.29, 0.717) is 10.9 Å². The Hall–Kier alpha value is -1.25. The molecule has 0 atom stereocenters. The number of nitrogens with zero attached hydrogens (tertiary/aromatic N) is 1. The van der Waals surface area contributed by atoms with Gasteiger partial charge in [0.05, 0.1) is 6.20 Å². The number of halogens is 2. The number of pyridine rings is 1. The lowest BCUT2D eigenvalue weighted by atomic mass is 10.1. The van der Waals surface area contributed by atoms with E-state index in [9.17, 15) is 0 Å². The van der Waals surface area contributed by atoms with Crippen LogP contribution >= 0.6 is 23.2 Å². The topological polar surface area (TPSA) is 22.1 Å². The van der Waals surface area contributed by atoms with Crippen molar-refractivity contribution in [2.45, 2.75) is 13.8 Å². The monoisotopic (exact) mass is 267 g/mol. The fraction of sp³-hybridized carbons (Fsp3) is 0.154. The zero-order chi connectivity index (χ0) is 12.4. The van der Waals surface area contributed by atoms with Crippen LogP contribution in [0.1, 0.15) is 11.1 Å². The van der Waals surface area contributed by atoms with Crippen LogP contribution in [0.2, 0.25) is 10.2 Å². The van der Waals surface area contributed by atoms with E-state index < -0.39 is 0 Å². The summed E-state index contributed by atoms with van der Waals surface area (Å²) in [6, 6.07) is 7.25. The molecule has 0 spiro atoms. The zero-order valence-electron chi connectivity index (χ0n) is 9.50. The van der Waals surface area contributed by atoms with E-state index in [2.05, 4.69) is 4.98 Å². The predicted octanol–water partition coefficient (Wildman–Crippen LogP) is 4.80. The number of rotatable bonds is 2. The van der Waals surface area contributed by atoms with Gasteiger partial charge in [-0.3, -0.25) is 0 Å². The summed E-state index contributed by atoms with van der Waals surface area (Å²) < 4.78 is 5.67. The molecule has 2 aromatic rings. The van der Waals surface area contributed by atoms with Crippen LogP contribution in [-0.2, 0) is 0 Å².